The van der Waals surface area contributed by atoms with Gasteiger partial charge in [0.05, 0.1) is 6.04 Å². The molecule has 0 bridgehead atoms. The Morgan fingerprint density at radius 3 is 1.66 bits per heavy atom. The van der Waals surface area contributed by atoms with E-state index in [-0.39, 0.29) is 0 Å². The van der Waals surface area contributed by atoms with Crippen LogP contribution in [0, 0.1) is 0 Å². The van der Waals surface area contributed by atoms with Gasteiger partial charge in [0.15, 0.2) is 0 Å². The van der Waals surface area contributed by atoms with Gasteiger partial charge in [-0.05, 0) is 76.5 Å². The fourth-order valence-corrected chi connectivity index (χ4v) is 1.33. The lowest BCUT2D eigenvalue weighted by atomic mass is 10.1. The predicted octanol–water partition coefficient (Wildman–Crippen LogP) is 3.73. The number of nitrogens with one attached hydrogen (secondary N) is 1. The van der Waals surface area contributed by atoms with Gasteiger partial charge >= 0.3 is 24.2 Å². The molecule has 32 heavy (non-hydrogen) atoms. The molecule has 0 spiro atoms. The van der Waals surface area contributed by atoms with E-state index >= 15 is 0 Å². The van der Waals surface area contributed by atoms with E-state index in [1.807, 2.05) is 0 Å². The lowest BCUT2D eigenvalue weighted by Crippen LogP contribution is -2.48. The van der Waals surface area contributed by atoms with E-state index in [4.69, 9.17) is 0 Å². The van der Waals surface area contributed by atoms with Crippen LogP contribution >= 0.6 is 0 Å². The van der Waals surface area contributed by atoms with Gasteiger partial charge in [0.25, 0.3) is 0 Å². The Morgan fingerprint density at radius 1 is 0.812 bits per heavy atom. The molecule has 2 atom stereocenters. The van der Waals surface area contributed by atoms with Crippen LogP contribution in [0.15, 0.2) is 87.2 Å². The molecule has 0 aliphatic carbocycles. The Labute approximate surface area is 177 Å². The summed E-state index contributed by atoms with van der Waals surface area (Å²) >= 11 is 0. The third-order valence-electron chi connectivity index (χ3n) is 2.62. The number of halogens is 6. The van der Waals surface area contributed by atoms with Crippen LogP contribution in [0.5, 0.6) is 0 Å². The first kappa shape index (κ1) is 27.4. The zero-order valence-electron chi connectivity index (χ0n) is 15.9. The molecule has 0 aliphatic heterocycles. The van der Waals surface area contributed by atoms with Crippen LogP contribution in [0.1, 0.15) is 6.92 Å². The number of esters is 1. The van der Waals surface area contributed by atoms with Crippen molar-refractivity contribution < 1.29 is 40.7 Å². The highest BCUT2D eigenvalue weighted by atomic mass is 19.4. The standard InChI is InChI=1S/C22H9F6NO3/c1-3-4-5-6-7-8-9-10-11-12-13-14-15-16-18(32-20(31)22(26,27)28)17(2)29-19(30)21(23,24)25/h16-18H,1H2,2H3,(H,29,30)/t17-,18+/m0/s1. The Hall–Kier alpha value is -4.60. The number of rotatable bonds is 4. The fraction of sp³-hybridized carbons (Fsp3) is 0.227. The Kier molecular flexibility index (Phi) is 11.6. The summed E-state index contributed by atoms with van der Waals surface area (Å²) in [4.78, 5) is 21.9. The van der Waals surface area contributed by atoms with Gasteiger partial charge in [0.1, 0.15) is 6.10 Å². The number of hydrogen-bond donors (Lipinski definition) is 1. The molecule has 10 heteroatoms. The minimum absolute atomic E-state index is 0.629. The van der Waals surface area contributed by atoms with Crippen molar-refractivity contribution in [2.45, 2.75) is 31.4 Å². The van der Waals surface area contributed by atoms with E-state index in [1.54, 1.807) is 0 Å². The third-order valence-corrected chi connectivity index (χ3v) is 2.62. The molecule has 1 N–H and O–H groups in total. The summed E-state index contributed by atoms with van der Waals surface area (Å²) in [6.07, 6.45) is -12.0. The van der Waals surface area contributed by atoms with Crippen molar-refractivity contribution in [2.24, 2.45) is 0 Å². The molecule has 0 unspecified atom stereocenters. The summed E-state index contributed by atoms with van der Waals surface area (Å²) in [5, 5.41) is 1.37. The molecular weight excluding hydrogens is 440 g/mol. The first-order valence-corrected chi connectivity index (χ1v) is 7.91. The second kappa shape index (κ2) is 13.6. The van der Waals surface area contributed by atoms with Crippen LogP contribution in [0.25, 0.3) is 0 Å². The van der Waals surface area contributed by atoms with E-state index in [1.165, 1.54) is 5.32 Å². The van der Waals surface area contributed by atoms with Crippen LogP contribution in [0.2, 0.25) is 0 Å². The molecule has 0 saturated carbocycles. The molecule has 0 saturated heterocycles. The summed E-state index contributed by atoms with van der Waals surface area (Å²) in [5.74, 6) is -5.12. The highest BCUT2D eigenvalue weighted by molar-refractivity contribution is 5.82. The second-order valence-corrected chi connectivity index (χ2v) is 4.99. The van der Waals surface area contributed by atoms with E-state index in [0.717, 1.165) is 6.92 Å². The first-order chi connectivity index (χ1) is 14.9. The topological polar surface area (TPSA) is 55.4 Å². The molecule has 0 aromatic rings. The number of hydrogen-bond acceptors (Lipinski definition) is 3. The van der Waals surface area contributed by atoms with Crippen LogP contribution in [-0.4, -0.2) is 36.4 Å². The average Bonchev–Trinajstić information content (AvgIpc) is 2.68. The number of carbonyl (C=O) groups excluding carboxylic acids is 2. The zero-order valence-corrected chi connectivity index (χ0v) is 15.9. The third kappa shape index (κ3) is 12.8. The van der Waals surface area contributed by atoms with E-state index in [0.29, 0.717) is 6.08 Å². The normalized spacial score (nSPS) is 10.7. The molecule has 1 amide bonds. The summed E-state index contributed by atoms with van der Waals surface area (Å²) < 4.78 is 78.0. The van der Waals surface area contributed by atoms with Crippen LogP contribution in [-0.2, 0) is 14.3 Å². The minimum Gasteiger partial charge on any atom is -0.449 e. The van der Waals surface area contributed by atoms with E-state index in [9.17, 15) is 35.9 Å². The lowest BCUT2D eigenvalue weighted by Gasteiger charge is -2.22. The maximum absolute atomic E-state index is 12.4. The molecular formula is C22H9F6NO3. The Morgan fingerprint density at radius 2 is 1.25 bits per heavy atom. The van der Waals surface area contributed by atoms with Gasteiger partial charge in [-0.3, -0.25) is 4.79 Å². The van der Waals surface area contributed by atoms with Gasteiger partial charge in [-0.15, -0.1) is 0 Å². The summed E-state index contributed by atoms with van der Waals surface area (Å²) in [7, 11) is 0. The largest absolute Gasteiger partial charge is 0.490 e. The maximum atomic E-state index is 12.4. The van der Waals surface area contributed by atoms with Gasteiger partial charge in [-0.1, -0.05) is 11.5 Å². The van der Waals surface area contributed by atoms with Crippen LogP contribution in [0.4, 0.5) is 26.3 Å². The fourth-order valence-electron chi connectivity index (χ4n) is 1.33. The minimum atomic E-state index is -5.41. The summed E-state index contributed by atoms with van der Waals surface area (Å²) in [6, 6.07) is -1.69. The Bertz CT molecular complexity index is 1240. The maximum Gasteiger partial charge on any atom is 0.490 e. The highest BCUT2D eigenvalue weighted by Gasteiger charge is 2.44. The molecule has 162 valence electrons. The molecule has 0 fully saturated rings. The molecule has 0 aromatic heterocycles. The quantitative estimate of drug-likeness (QED) is 0.405. The number of carbonyl (C=O) groups is 2. The van der Waals surface area contributed by atoms with Gasteiger partial charge in [-0.25, -0.2) is 4.79 Å². The van der Waals surface area contributed by atoms with E-state index < -0.39 is 36.4 Å². The van der Waals surface area contributed by atoms with Crippen LogP contribution < -0.4 is 5.32 Å². The van der Waals surface area contributed by atoms with Crippen molar-refractivity contribution in [1.82, 2.24) is 5.32 Å². The summed E-state index contributed by atoms with van der Waals surface area (Å²) in [5.41, 5.74) is 29.4. The second-order valence-electron chi connectivity index (χ2n) is 4.99. The number of amides is 1. The number of ether oxygens (including phenoxy) is 1. The van der Waals surface area contributed by atoms with Crippen molar-refractivity contribution >= 4 is 11.9 Å². The smallest absolute Gasteiger partial charge is 0.449 e. The molecule has 0 heterocycles. The van der Waals surface area contributed by atoms with Crippen molar-refractivity contribution in [1.29, 1.82) is 0 Å². The Balaban J connectivity index is 6.00. The average molecular weight is 449 g/mol. The molecule has 4 nitrogen and oxygen atoms in total. The first-order valence-electron chi connectivity index (χ1n) is 7.91. The van der Waals surface area contributed by atoms with Crippen molar-refractivity contribution in [2.75, 3.05) is 0 Å². The predicted molar refractivity (Wildman–Crippen MR) is 95.5 cm³/mol. The highest BCUT2D eigenvalue weighted by Crippen LogP contribution is 2.19. The number of alkyl halides is 6. The van der Waals surface area contributed by atoms with Crippen molar-refractivity contribution in [3.63, 3.8) is 0 Å². The molecule has 0 aromatic carbocycles. The van der Waals surface area contributed by atoms with Crippen molar-refractivity contribution in [3.8, 4) is 0 Å². The molecule has 0 radical (unpaired) electrons. The molecule has 0 rings (SSSR count). The molecule has 0 aliphatic rings. The van der Waals surface area contributed by atoms with Gasteiger partial charge in [0, 0.05) is 6.08 Å². The summed E-state index contributed by atoms with van der Waals surface area (Å²) in [6.45, 7) is 4.12. The van der Waals surface area contributed by atoms with Gasteiger partial charge in [-0.2, -0.15) is 26.3 Å². The van der Waals surface area contributed by atoms with Gasteiger partial charge in [0.2, 0.25) is 0 Å². The zero-order chi connectivity index (χ0) is 24.6. The lowest BCUT2D eigenvalue weighted by molar-refractivity contribution is -0.204. The van der Waals surface area contributed by atoms with Gasteiger partial charge < -0.3 is 10.1 Å². The van der Waals surface area contributed by atoms with Crippen LogP contribution in [0.3, 0.4) is 0 Å². The van der Waals surface area contributed by atoms with Crippen molar-refractivity contribution in [3.05, 3.63) is 87.2 Å². The SMILES string of the molecule is C=C=C=C=C=C=C=C=C=C=C=C=C=C=C[C@@H](OC(=O)C(F)(F)F)[C@H](C)NC(=O)C(F)(F)F. The van der Waals surface area contributed by atoms with E-state index in [2.05, 4.69) is 85.8 Å². The monoisotopic (exact) mass is 449 g/mol.